The molecule has 0 aliphatic carbocycles. The van der Waals surface area contributed by atoms with Crippen molar-refractivity contribution < 1.29 is 31.2 Å². The lowest BCUT2D eigenvalue weighted by Crippen LogP contribution is -2.54. The van der Waals surface area contributed by atoms with E-state index in [9.17, 15) is 31.2 Å². The number of benzene rings is 4. The number of alkyl halides is 3. The van der Waals surface area contributed by atoms with Crippen molar-refractivity contribution in [1.82, 2.24) is 10.2 Å². The molecule has 7 nitrogen and oxygen atoms in total. The number of nitrogens with zero attached hydrogens (tertiary/aromatic N) is 2. The van der Waals surface area contributed by atoms with Gasteiger partial charge in [-0.1, -0.05) is 90.0 Å². The van der Waals surface area contributed by atoms with Crippen LogP contribution in [0.4, 0.5) is 18.9 Å². The minimum absolute atomic E-state index is 0.0739. The van der Waals surface area contributed by atoms with E-state index in [0.29, 0.717) is 15.9 Å². The minimum Gasteiger partial charge on any atom is -0.352 e. The van der Waals surface area contributed by atoms with Crippen molar-refractivity contribution in [3.8, 4) is 0 Å². The lowest BCUT2D eigenvalue weighted by atomic mass is 10.0. The summed E-state index contributed by atoms with van der Waals surface area (Å²) in [5.41, 5.74) is 0.495. The predicted octanol–water partition coefficient (Wildman–Crippen LogP) is 7.03. The SMILES string of the molecule is Cc1ccc(S(=O)(=O)N(CC(=O)N(Cc2ccccc2)[C@@H](Cc2ccccc2)C(=O)NC(C)C)c2ccc(Cl)c(C(F)(F)F)c2)cc1. The summed E-state index contributed by atoms with van der Waals surface area (Å²) in [6.45, 7) is 4.33. The molecular formula is C35H35ClF3N3O4S. The molecular weight excluding hydrogens is 651 g/mol. The second-order valence-electron chi connectivity index (χ2n) is 11.4. The standard InChI is InChI=1S/C35H35ClF3N3O4S/c1-24(2)40-34(44)32(20-26-10-6-4-7-11-26)41(22-27-12-8-5-9-13-27)33(43)23-42(47(45,46)29-17-14-25(3)15-18-29)28-16-19-31(36)30(21-28)35(37,38)39/h4-19,21,24,32H,20,22-23H2,1-3H3,(H,40,44)/t32-/m0/s1. The molecule has 1 N–H and O–H groups in total. The molecule has 0 unspecified atom stereocenters. The minimum atomic E-state index is -4.90. The van der Waals surface area contributed by atoms with E-state index in [4.69, 9.17) is 11.6 Å². The molecule has 0 fully saturated rings. The highest BCUT2D eigenvalue weighted by Crippen LogP contribution is 2.38. The van der Waals surface area contributed by atoms with Crippen molar-refractivity contribution in [2.24, 2.45) is 0 Å². The normalized spacial score (nSPS) is 12.4. The lowest BCUT2D eigenvalue weighted by Gasteiger charge is -2.34. The molecule has 4 aromatic carbocycles. The molecule has 0 bridgehead atoms. The van der Waals surface area contributed by atoms with Gasteiger partial charge in [0, 0.05) is 19.0 Å². The number of anilines is 1. The molecule has 0 aliphatic heterocycles. The molecule has 0 aliphatic rings. The van der Waals surface area contributed by atoms with Crippen LogP contribution in [0.3, 0.4) is 0 Å². The number of nitrogens with one attached hydrogen (secondary N) is 1. The smallest absolute Gasteiger partial charge is 0.352 e. The fourth-order valence-electron chi connectivity index (χ4n) is 4.97. The Kier molecular flexibility index (Phi) is 11.4. The van der Waals surface area contributed by atoms with E-state index in [1.165, 1.54) is 17.0 Å². The Hall–Kier alpha value is -4.35. The summed E-state index contributed by atoms with van der Waals surface area (Å²) in [5.74, 6) is -1.26. The number of carbonyl (C=O) groups is 2. The molecule has 4 rings (SSSR count). The van der Waals surface area contributed by atoms with E-state index in [0.717, 1.165) is 23.3 Å². The average molecular weight is 686 g/mol. The Morgan fingerprint density at radius 2 is 1.43 bits per heavy atom. The summed E-state index contributed by atoms with van der Waals surface area (Å²) in [6, 6.07) is 24.9. The van der Waals surface area contributed by atoms with Gasteiger partial charge in [0.05, 0.1) is 21.2 Å². The molecule has 12 heteroatoms. The lowest BCUT2D eigenvalue weighted by molar-refractivity contribution is -0.140. The van der Waals surface area contributed by atoms with E-state index in [1.54, 1.807) is 87.5 Å². The van der Waals surface area contributed by atoms with Crippen molar-refractivity contribution in [2.45, 2.75) is 56.9 Å². The number of hydrogen-bond acceptors (Lipinski definition) is 4. The van der Waals surface area contributed by atoms with Crippen LogP contribution in [0.15, 0.2) is 108 Å². The van der Waals surface area contributed by atoms with Crippen LogP contribution >= 0.6 is 11.6 Å². The van der Waals surface area contributed by atoms with Crippen LogP contribution in [0, 0.1) is 6.92 Å². The largest absolute Gasteiger partial charge is 0.417 e. The molecule has 4 aromatic rings. The van der Waals surface area contributed by atoms with Crippen LogP contribution in [0.2, 0.25) is 5.02 Å². The van der Waals surface area contributed by atoms with Gasteiger partial charge in [0.25, 0.3) is 10.0 Å². The summed E-state index contributed by atoms with van der Waals surface area (Å²) < 4.78 is 70.6. The topological polar surface area (TPSA) is 86.8 Å². The fraction of sp³-hybridized carbons (Fsp3) is 0.257. The fourth-order valence-corrected chi connectivity index (χ4v) is 6.60. The molecule has 2 amide bonds. The van der Waals surface area contributed by atoms with Crippen LogP contribution in [0.25, 0.3) is 0 Å². The Bertz CT molecular complexity index is 1790. The summed E-state index contributed by atoms with van der Waals surface area (Å²) >= 11 is 5.87. The van der Waals surface area contributed by atoms with Crippen LogP contribution in [0.1, 0.15) is 36.1 Å². The molecule has 1 atom stereocenters. The van der Waals surface area contributed by atoms with Gasteiger partial charge in [-0.05, 0) is 62.2 Å². The van der Waals surface area contributed by atoms with Gasteiger partial charge in [0.1, 0.15) is 12.6 Å². The molecule has 47 heavy (non-hydrogen) atoms. The maximum absolute atomic E-state index is 14.4. The number of amides is 2. The van der Waals surface area contributed by atoms with Crippen molar-refractivity contribution in [1.29, 1.82) is 0 Å². The number of halogens is 4. The number of carbonyl (C=O) groups excluding carboxylic acids is 2. The van der Waals surface area contributed by atoms with Crippen molar-refractivity contribution >= 4 is 39.1 Å². The summed E-state index contributed by atoms with van der Waals surface area (Å²) in [4.78, 5) is 29.2. The van der Waals surface area contributed by atoms with Crippen molar-refractivity contribution in [3.05, 3.63) is 130 Å². The number of sulfonamides is 1. The monoisotopic (exact) mass is 685 g/mol. The molecule has 248 valence electrons. The molecule has 0 saturated carbocycles. The zero-order chi connectivity index (χ0) is 34.4. The third-order valence-electron chi connectivity index (χ3n) is 7.33. The molecule has 0 heterocycles. The van der Waals surface area contributed by atoms with E-state index in [-0.39, 0.29) is 23.9 Å². The van der Waals surface area contributed by atoms with Gasteiger partial charge >= 0.3 is 6.18 Å². The quantitative estimate of drug-likeness (QED) is 0.174. The van der Waals surface area contributed by atoms with Crippen molar-refractivity contribution in [2.75, 3.05) is 10.8 Å². The maximum Gasteiger partial charge on any atom is 0.417 e. The van der Waals surface area contributed by atoms with Gasteiger partial charge in [-0.3, -0.25) is 13.9 Å². The van der Waals surface area contributed by atoms with Crippen LogP contribution < -0.4 is 9.62 Å². The number of rotatable bonds is 12. The zero-order valence-corrected chi connectivity index (χ0v) is 27.6. The first-order valence-electron chi connectivity index (χ1n) is 14.8. The van der Waals surface area contributed by atoms with Crippen LogP contribution in [0.5, 0.6) is 0 Å². The average Bonchev–Trinajstić information content (AvgIpc) is 3.02. The predicted molar refractivity (Wildman–Crippen MR) is 176 cm³/mol. The highest BCUT2D eigenvalue weighted by atomic mass is 35.5. The summed E-state index contributed by atoms with van der Waals surface area (Å²) in [7, 11) is -4.60. The molecule has 0 spiro atoms. The molecule has 0 radical (unpaired) electrons. The van der Waals surface area contributed by atoms with E-state index in [1.807, 2.05) is 6.07 Å². The Balaban J connectivity index is 1.85. The van der Waals surface area contributed by atoms with Gasteiger partial charge in [0.15, 0.2) is 0 Å². The van der Waals surface area contributed by atoms with Gasteiger partial charge in [-0.25, -0.2) is 8.42 Å². The maximum atomic E-state index is 14.4. The van der Waals surface area contributed by atoms with E-state index >= 15 is 0 Å². The van der Waals surface area contributed by atoms with Crippen LogP contribution in [-0.2, 0) is 38.8 Å². The Morgan fingerprint density at radius 1 is 0.851 bits per heavy atom. The number of hydrogen-bond donors (Lipinski definition) is 1. The molecule has 0 aromatic heterocycles. The summed E-state index contributed by atoms with van der Waals surface area (Å²) in [6.07, 6.45) is -4.80. The third kappa shape index (κ3) is 9.14. The van der Waals surface area contributed by atoms with Gasteiger partial charge in [-0.15, -0.1) is 0 Å². The zero-order valence-electron chi connectivity index (χ0n) is 26.0. The Labute approximate surface area is 278 Å². The second kappa shape index (κ2) is 15.0. The highest BCUT2D eigenvalue weighted by molar-refractivity contribution is 7.92. The van der Waals surface area contributed by atoms with Crippen molar-refractivity contribution in [3.63, 3.8) is 0 Å². The number of aryl methyl sites for hydroxylation is 1. The van der Waals surface area contributed by atoms with Crippen LogP contribution in [-0.4, -0.2) is 43.8 Å². The first-order valence-corrected chi connectivity index (χ1v) is 16.6. The summed E-state index contributed by atoms with van der Waals surface area (Å²) in [5, 5.41) is 2.23. The van der Waals surface area contributed by atoms with Gasteiger partial charge in [0.2, 0.25) is 11.8 Å². The van der Waals surface area contributed by atoms with E-state index < -0.39 is 56.9 Å². The highest BCUT2D eigenvalue weighted by Gasteiger charge is 2.37. The molecule has 0 saturated heterocycles. The third-order valence-corrected chi connectivity index (χ3v) is 9.45. The second-order valence-corrected chi connectivity index (χ2v) is 13.6. The van der Waals surface area contributed by atoms with Gasteiger partial charge < -0.3 is 10.2 Å². The first-order chi connectivity index (χ1) is 22.2. The van der Waals surface area contributed by atoms with E-state index in [2.05, 4.69) is 5.32 Å². The van der Waals surface area contributed by atoms with Gasteiger partial charge in [-0.2, -0.15) is 13.2 Å². The Morgan fingerprint density at radius 3 is 1.98 bits per heavy atom. The first kappa shape index (κ1) is 35.5.